The first-order valence-corrected chi connectivity index (χ1v) is 9.38. The molecule has 1 saturated heterocycles. The van der Waals surface area contributed by atoms with Gasteiger partial charge in [0.25, 0.3) is 0 Å². The van der Waals surface area contributed by atoms with Crippen molar-refractivity contribution >= 4 is 17.0 Å². The van der Waals surface area contributed by atoms with Crippen LogP contribution in [0, 0.1) is 0 Å². The summed E-state index contributed by atoms with van der Waals surface area (Å²) in [4.78, 5) is 12.8. The monoisotopic (exact) mass is 417 g/mol. The van der Waals surface area contributed by atoms with E-state index in [4.69, 9.17) is 9.47 Å². The number of aromatic nitrogens is 4. The predicted molar refractivity (Wildman–Crippen MR) is 105 cm³/mol. The van der Waals surface area contributed by atoms with E-state index in [-0.39, 0.29) is 6.61 Å². The third kappa shape index (κ3) is 3.57. The molecule has 0 aliphatic carbocycles. The highest BCUT2D eigenvalue weighted by atomic mass is 16.6. The van der Waals surface area contributed by atoms with Crippen molar-refractivity contribution < 1.29 is 29.9 Å². The third-order valence-electron chi connectivity index (χ3n) is 5.16. The Bertz CT molecular complexity index is 997. The van der Waals surface area contributed by atoms with Gasteiger partial charge in [0.15, 0.2) is 23.2 Å². The maximum absolute atomic E-state index is 10.3. The molecule has 1 fully saturated rings. The van der Waals surface area contributed by atoms with Gasteiger partial charge < -0.3 is 35.2 Å². The molecule has 1 aliphatic rings. The van der Waals surface area contributed by atoms with Gasteiger partial charge in [-0.05, 0) is 17.7 Å². The van der Waals surface area contributed by atoms with Gasteiger partial charge in [-0.15, -0.1) is 0 Å². The van der Waals surface area contributed by atoms with E-state index in [1.165, 1.54) is 17.2 Å². The first-order valence-electron chi connectivity index (χ1n) is 9.38. The van der Waals surface area contributed by atoms with Gasteiger partial charge >= 0.3 is 0 Å². The Morgan fingerprint density at radius 1 is 1.13 bits per heavy atom. The van der Waals surface area contributed by atoms with Crippen molar-refractivity contribution in [3.8, 4) is 5.75 Å². The van der Waals surface area contributed by atoms with E-state index in [1.54, 1.807) is 19.2 Å². The lowest BCUT2D eigenvalue weighted by atomic mass is 10.1. The van der Waals surface area contributed by atoms with Gasteiger partial charge in [0.2, 0.25) is 0 Å². The number of nitrogens with one attached hydrogen (secondary N) is 1. The van der Waals surface area contributed by atoms with Gasteiger partial charge in [0.05, 0.1) is 32.7 Å². The van der Waals surface area contributed by atoms with E-state index in [0.717, 1.165) is 5.56 Å². The number of rotatable bonds is 7. The molecule has 11 heteroatoms. The zero-order chi connectivity index (χ0) is 21.3. The molecule has 0 spiro atoms. The van der Waals surface area contributed by atoms with Gasteiger partial charge in [0.1, 0.15) is 30.4 Å². The fourth-order valence-electron chi connectivity index (χ4n) is 3.49. The van der Waals surface area contributed by atoms with Crippen LogP contribution in [-0.2, 0) is 4.74 Å². The van der Waals surface area contributed by atoms with E-state index < -0.39 is 37.2 Å². The van der Waals surface area contributed by atoms with Crippen LogP contribution < -0.4 is 10.1 Å². The summed E-state index contributed by atoms with van der Waals surface area (Å²) in [5.41, 5.74) is 1.60. The summed E-state index contributed by atoms with van der Waals surface area (Å²) in [6.07, 6.45) is -1.60. The molecular weight excluding hydrogens is 394 g/mol. The number of fused-ring (bicyclic) bond motifs is 1. The number of aliphatic hydroxyl groups is 4. The molecule has 0 amide bonds. The number of aliphatic hydroxyl groups excluding tert-OH is 4. The summed E-state index contributed by atoms with van der Waals surface area (Å²) in [5, 5.41) is 42.6. The minimum absolute atomic E-state index is 0.187. The van der Waals surface area contributed by atoms with E-state index in [1.807, 2.05) is 12.1 Å². The summed E-state index contributed by atoms with van der Waals surface area (Å²) in [6.45, 7) is -0.615. The van der Waals surface area contributed by atoms with Crippen molar-refractivity contribution in [3.63, 3.8) is 0 Å². The lowest BCUT2D eigenvalue weighted by Gasteiger charge is -2.18. The maximum Gasteiger partial charge on any atom is 0.167 e. The molecule has 160 valence electrons. The van der Waals surface area contributed by atoms with Crippen LogP contribution in [0.15, 0.2) is 36.9 Å². The standard InChI is InChI=1S/C19H23N5O6/c1-29-11-4-2-10(3-5-11)12(6-25)23-17-14-18(21-8-20-17)24(9-22-14)19-16(28)15(27)13(7-26)30-19/h2-5,8-9,12-13,15-16,19,25-28H,6-7H2,1H3,(H,20,21,23)/t12-,13-,15+,16?,19-/m1/s1. The van der Waals surface area contributed by atoms with Gasteiger partial charge in [-0.3, -0.25) is 4.57 Å². The highest BCUT2D eigenvalue weighted by Crippen LogP contribution is 2.32. The topological polar surface area (TPSA) is 155 Å². The summed E-state index contributed by atoms with van der Waals surface area (Å²) in [7, 11) is 1.58. The van der Waals surface area contributed by atoms with Crippen LogP contribution in [0.5, 0.6) is 5.75 Å². The fraction of sp³-hybridized carbons (Fsp3) is 0.421. The molecule has 1 unspecified atom stereocenters. The van der Waals surface area contributed by atoms with Crippen LogP contribution in [0.4, 0.5) is 5.82 Å². The number of imidazole rings is 1. The van der Waals surface area contributed by atoms with E-state index >= 15 is 0 Å². The zero-order valence-electron chi connectivity index (χ0n) is 16.2. The number of benzene rings is 1. The zero-order valence-corrected chi connectivity index (χ0v) is 16.2. The van der Waals surface area contributed by atoms with Crippen molar-refractivity contribution in [2.45, 2.75) is 30.6 Å². The van der Waals surface area contributed by atoms with Gasteiger partial charge in [-0.1, -0.05) is 12.1 Å². The molecule has 11 nitrogen and oxygen atoms in total. The number of anilines is 1. The smallest absolute Gasteiger partial charge is 0.167 e. The highest BCUT2D eigenvalue weighted by Gasteiger charge is 2.44. The van der Waals surface area contributed by atoms with Crippen LogP contribution in [0.3, 0.4) is 0 Å². The second-order valence-electron chi connectivity index (χ2n) is 6.93. The average Bonchev–Trinajstić information content (AvgIpc) is 3.33. The Balaban J connectivity index is 1.63. The first kappa shape index (κ1) is 20.4. The minimum Gasteiger partial charge on any atom is -0.497 e. The van der Waals surface area contributed by atoms with Crippen LogP contribution in [0.25, 0.3) is 11.2 Å². The molecule has 1 aromatic carbocycles. The van der Waals surface area contributed by atoms with Crippen molar-refractivity contribution in [2.75, 3.05) is 25.6 Å². The van der Waals surface area contributed by atoms with Crippen molar-refractivity contribution in [2.24, 2.45) is 0 Å². The summed E-state index contributed by atoms with van der Waals surface area (Å²) >= 11 is 0. The summed E-state index contributed by atoms with van der Waals surface area (Å²) in [6, 6.07) is 6.82. The van der Waals surface area contributed by atoms with Crippen LogP contribution in [0.2, 0.25) is 0 Å². The van der Waals surface area contributed by atoms with Crippen molar-refractivity contribution in [1.29, 1.82) is 0 Å². The Hall–Kier alpha value is -2.83. The molecular formula is C19H23N5O6. The lowest BCUT2D eigenvalue weighted by molar-refractivity contribution is -0.0511. The van der Waals surface area contributed by atoms with Gasteiger partial charge in [-0.2, -0.15) is 0 Å². The fourth-order valence-corrected chi connectivity index (χ4v) is 3.49. The molecule has 2 aromatic heterocycles. The molecule has 5 atom stereocenters. The normalized spacial score (nSPS) is 24.8. The Kier molecular flexibility index (Phi) is 5.79. The molecule has 4 rings (SSSR count). The van der Waals surface area contributed by atoms with Gasteiger partial charge in [-0.25, -0.2) is 15.0 Å². The molecule has 3 aromatic rings. The maximum atomic E-state index is 10.3. The Labute approximate surface area is 171 Å². The number of nitrogens with zero attached hydrogens (tertiary/aromatic N) is 4. The minimum atomic E-state index is -1.25. The molecule has 30 heavy (non-hydrogen) atoms. The van der Waals surface area contributed by atoms with Crippen LogP contribution >= 0.6 is 0 Å². The Morgan fingerprint density at radius 3 is 2.53 bits per heavy atom. The van der Waals surface area contributed by atoms with E-state index in [2.05, 4.69) is 20.3 Å². The molecule has 0 bridgehead atoms. The molecule has 5 N–H and O–H groups in total. The predicted octanol–water partition coefficient (Wildman–Crippen LogP) is -0.408. The number of hydrogen-bond acceptors (Lipinski definition) is 10. The van der Waals surface area contributed by atoms with Crippen LogP contribution in [0.1, 0.15) is 17.8 Å². The summed E-state index contributed by atoms with van der Waals surface area (Å²) < 4.78 is 12.2. The molecule has 0 radical (unpaired) electrons. The summed E-state index contributed by atoms with van der Waals surface area (Å²) in [5.74, 6) is 1.09. The first-order chi connectivity index (χ1) is 14.6. The second kappa shape index (κ2) is 8.50. The highest BCUT2D eigenvalue weighted by molar-refractivity contribution is 5.83. The molecule has 1 aliphatic heterocycles. The Morgan fingerprint density at radius 2 is 1.90 bits per heavy atom. The third-order valence-corrected chi connectivity index (χ3v) is 5.16. The second-order valence-corrected chi connectivity index (χ2v) is 6.93. The quantitative estimate of drug-likeness (QED) is 0.343. The average molecular weight is 417 g/mol. The lowest BCUT2D eigenvalue weighted by Crippen LogP contribution is -2.33. The molecule has 3 heterocycles. The number of methoxy groups -OCH3 is 1. The van der Waals surface area contributed by atoms with Crippen molar-refractivity contribution in [1.82, 2.24) is 19.5 Å². The van der Waals surface area contributed by atoms with Crippen LogP contribution in [-0.4, -0.2) is 78.6 Å². The van der Waals surface area contributed by atoms with Crippen molar-refractivity contribution in [3.05, 3.63) is 42.5 Å². The van der Waals surface area contributed by atoms with Gasteiger partial charge in [0, 0.05) is 0 Å². The largest absolute Gasteiger partial charge is 0.497 e. The SMILES string of the molecule is COc1ccc([C@@H](CO)Nc2ncnc3c2ncn3[C@@H]2O[C@H](CO)[C@H](O)C2O)cc1. The number of ether oxygens (including phenoxy) is 2. The molecule has 0 saturated carbocycles. The number of hydrogen-bond donors (Lipinski definition) is 5. The van der Waals surface area contributed by atoms with E-state index in [0.29, 0.717) is 22.7 Å². The van der Waals surface area contributed by atoms with E-state index in [9.17, 15) is 20.4 Å².